The minimum absolute atomic E-state index is 0.0858. The molecule has 132 valence electrons. The number of halogens is 1. The number of nitrogens with one attached hydrogen (secondary N) is 1. The molecule has 2 aromatic heterocycles. The first-order valence-electron chi connectivity index (χ1n) is 7.73. The van der Waals surface area contributed by atoms with Gasteiger partial charge in [0.15, 0.2) is 4.96 Å². The molecule has 0 saturated heterocycles. The number of carbonyl (C=O) groups excluding carboxylic acids is 2. The third kappa shape index (κ3) is 2.97. The number of amides is 1. The summed E-state index contributed by atoms with van der Waals surface area (Å²) in [4.78, 5) is 41.0. The Morgan fingerprint density at radius 1 is 1.38 bits per heavy atom. The first kappa shape index (κ1) is 16.4. The Morgan fingerprint density at radius 3 is 3.08 bits per heavy atom. The summed E-state index contributed by atoms with van der Waals surface area (Å²) in [5.41, 5.74) is 0.822. The van der Waals surface area contributed by atoms with Gasteiger partial charge in [-0.2, -0.15) is 0 Å². The molecule has 1 aliphatic heterocycles. The fraction of sp³-hybridized carbons (Fsp3) is 0.176. The zero-order valence-corrected chi connectivity index (χ0v) is 14.1. The molecule has 0 aliphatic carbocycles. The Balaban J connectivity index is 1.55. The minimum Gasteiger partial charge on any atom is -0.459 e. The lowest BCUT2D eigenvalue weighted by molar-refractivity contribution is -0.148. The van der Waals surface area contributed by atoms with Crippen molar-refractivity contribution in [1.29, 1.82) is 0 Å². The molecule has 3 aromatic rings. The molecule has 1 aliphatic rings. The maximum atomic E-state index is 13.4. The second-order valence-electron chi connectivity index (χ2n) is 5.79. The van der Waals surface area contributed by atoms with Crippen LogP contribution in [0, 0.1) is 5.82 Å². The Bertz CT molecular complexity index is 1090. The summed E-state index contributed by atoms with van der Waals surface area (Å²) in [5, 5.41) is 4.27. The summed E-state index contributed by atoms with van der Waals surface area (Å²) in [6, 6.07) is 5.14. The van der Waals surface area contributed by atoms with Crippen LogP contribution in [-0.4, -0.2) is 21.3 Å². The van der Waals surface area contributed by atoms with Crippen LogP contribution in [0.4, 0.5) is 10.1 Å². The molecule has 26 heavy (non-hydrogen) atoms. The highest BCUT2D eigenvalue weighted by molar-refractivity contribution is 7.15. The molecule has 1 atom stereocenters. The number of anilines is 1. The topological polar surface area (TPSA) is 89.8 Å². The summed E-state index contributed by atoms with van der Waals surface area (Å²) in [5.74, 6) is -2.35. The van der Waals surface area contributed by atoms with Crippen LogP contribution in [0.3, 0.4) is 0 Å². The van der Waals surface area contributed by atoms with Crippen LogP contribution in [0.15, 0.2) is 40.6 Å². The lowest BCUT2D eigenvalue weighted by atomic mass is 9.90. The average Bonchev–Trinajstić information content (AvgIpc) is 3.07. The quantitative estimate of drug-likeness (QED) is 0.710. The van der Waals surface area contributed by atoms with Gasteiger partial charge in [0.2, 0.25) is 5.91 Å². The van der Waals surface area contributed by atoms with Crippen LogP contribution in [0.25, 0.3) is 4.96 Å². The summed E-state index contributed by atoms with van der Waals surface area (Å²) in [6.07, 6.45) is 1.53. The molecule has 0 fully saturated rings. The summed E-state index contributed by atoms with van der Waals surface area (Å²) in [6.45, 7) is -0.183. The molecule has 1 unspecified atom stereocenters. The van der Waals surface area contributed by atoms with Crippen LogP contribution in [0.1, 0.15) is 23.6 Å². The summed E-state index contributed by atoms with van der Waals surface area (Å²) < 4.78 is 20.0. The van der Waals surface area contributed by atoms with Crippen molar-refractivity contribution in [2.75, 3.05) is 5.32 Å². The van der Waals surface area contributed by atoms with E-state index in [0.717, 1.165) is 0 Å². The van der Waals surface area contributed by atoms with E-state index < -0.39 is 17.7 Å². The van der Waals surface area contributed by atoms with E-state index in [9.17, 15) is 18.8 Å². The van der Waals surface area contributed by atoms with Crippen LogP contribution in [-0.2, 0) is 20.9 Å². The Morgan fingerprint density at radius 2 is 2.23 bits per heavy atom. The van der Waals surface area contributed by atoms with Crippen molar-refractivity contribution in [2.45, 2.75) is 18.9 Å². The predicted octanol–water partition coefficient (Wildman–Crippen LogP) is 2.06. The van der Waals surface area contributed by atoms with E-state index in [0.29, 0.717) is 16.2 Å². The fourth-order valence-electron chi connectivity index (χ4n) is 2.85. The van der Waals surface area contributed by atoms with Gasteiger partial charge in [-0.25, -0.2) is 9.37 Å². The first-order chi connectivity index (χ1) is 12.5. The third-order valence-corrected chi connectivity index (χ3v) is 4.81. The maximum Gasteiger partial charge on any atom is 0.314 e. The number of thiazole rings is 1. The lowest BCUT2D eigenvalue weighted by Crippen LogP contribution is -2.28. The SMILES string of the molecule is O=C1CC(C(=O)OCc2cc(=O)n3ccsc3n2)c2ccc(F)cc2N1. The van der Waals surface area contributed by atoms with Gasteiger partial charge < -0.3 is 10.1 Å². The molecule has 3 heterocycles. The van der Waals surface area contributed by atoms with Crippen LogP contribution < -0.4 is 10.9 Å². The van der Waals surface area contributed by atoms with Gasteiger partial charge in [0, 0.05) is 29.8 Å². The van der Waals surface area contributed by atoms with Crippen molar-refractivity contribution in [3.05, 3.63) is 63.3 Å². The van der Waals surface area contributed by atoms with Crippen LogP contribution in [0.2, 0.25) is 0 Å². The highest BCUT2D eigenvalue weighted by Crippen LogP contribution is 2.33. The molecule has 0 radical (unpaired) electrons. The fourth-order valence-corrected chi connectivity index (χ4v) is 3.59. The molecular weight excluding hydrogens is 361 g/mol. The number of rotatable bonds is 3. The van der Waals surface area contributed by atoms with E-state index in [-0.39, 0.29) is 30.2 Å². The van der Waals surface area contributed by atoms with E-state index in [4.69, 9.17) is 4.74 Å². The number of ether oxygens (including phenoxy) is 1. The predicted molar refractivity (Wildman–Crippen MR) is 91.5 cm³/mol. The zero-order valence-electron chi connectivity index (χ0n) is 13.3. The highest BCUT2D eigenvalue weighted by Gasteiger charge is 2.32. The number of hydrogen-bond donors (Lipinski definition) is 1. The first-order valence-corrected chi connectivity index (χ1v) is 8.61. The molecule has 1 amide bonds. The second-order valence-corrected chi connectivity index (χ2v) is 6.66. The van der Waals surface area contributed by atoms with E-state index in [1.165, 1.54) is 40.0 Å². The molecule has 1 N–H and O–H groups in total. The second kappa shape index (κ2) is 6.34. The minimum atomic E-state index is -0.828. The van der Waals surface area contributed by atoms with Gasteiger partial charge in [-0.15, -0.1) is 11.3 Å². The monoisotopic (exact) mass is 373 g/mol. The van der Waals surface area contributed by atoms with Gasteiger partial charge in [0.25, 0.3) is 5.56 Å². The molecule has 0 saturated carbocycles. The molecule has 1 aromatic carbocycles. The van der Waals surface area contributed by atoms with Crippen molar-refractivity contribution in [3.8, 4) is 0 Å². The van der Waals surface area contributed by atoms with Crippen molar-refractivity contribution in [2.24, 2.45) is 0 Å². The van der Waals surface area contributed by atoms with E-state index in [2.05, 4.69) is 10.3 Å². The third-order valence-electron chi connectivity index (χ3n) is 4.06. The Hall–Kier alpha value is -3.07. The van der Waals surface area contributed by atoms with Gasteiger partial charge in [-0.1, -0.05) is 6.07 Å². The standard InChI is InChI=1S/C17H12FN3O4S/c18-9-1-2-11-12(7-14(22)20-13(11)5-9)16(24)25-8-10-6-15(23)21-3-4-26-17(21)19-10/h1-6,12H,7-8H2,(H,20,22). The Labute approximate surface area is 150 Å². The van der Waals surface area contributed by atoms with Gasteiger partial charge in [0.05, 0.1) is 11.6 Å². The van der Waals surface area contributed by atoms with Crippen molar-refractivity contribution in [1.82, 2.24) is 9.38 Å². The van der Waals surface area contributed by atoms with Crippen molar-refractivity contribution < 1.29 is 18.7 Å². The van der Waals surface area contributed by atoms with Crippen molar-refractivity contribution >= 4 is 33.9 Å². The Kier molecular flexibility index (Phi) is 4.00. The number of aromatic nitrogens is 2. The number of esters is 1. The number of benzene rings is 1. The van der Waals surface area contributed by atoms with E-state index in [1.54, 1.807) is 11.6 Å². The normalized spacial score (nSPS) is 16.2. The molecule has 0 spiro atoms. The van der Waals surface area contributed by atoms with Gasteiger partial charge in [-0.05, 0) is 17.7 Å². The summed E-state index contributed by atoms with van der Waals surface area (Å²) in [7, 11) is 0. The maximum absolute atomic E-state index is 13.4. The van der Waals surface area contributed by atoms with Gasteiger partial charge in [0.1, 0.15) is 12.4 Å². The smallest absolute Gasteiger partial charge is 0.314 e. The number of carbonyl (C=O) groups is 2. The van der Waals surface area contributed by atoms with Crippen LogP contribution in [0.5, 0.6) is 0 Å². The van der Waals surface area contributed by atoms with E-state index in [1.807, 2.05) is 0 Å². The highest BCUT2D eigenvalue weighted by atomic mass is 32.1. The molecular formula is C17H12FN3O4S. The van der Waals surface area contributed by atoms with Crippen molar-refractivity contribution in [3.63, 3.8) is 0 Å². The van der Waals surface area contributed by atoms with Crippen LogP contribution >= 0.6 is 11.3 Å². The van der Waals surface area contributed by atoms with E-state index >= 15 is 0 Å². The number of fused-ring (bicyclic) bond motifs is 2. The molecule has 7 nitrogen and oxygen atoms in total. The molecule has 0 bridgehead atoms. The zero-order chi connectivity index (χ0) is 18.3. The number of hydrogen-bond acceptors (Lipinski definition) is 6. The average molecular weight is 373 g/mol. The largest absolute Gasteiger partial charge is 0.459 e. The molecule has 9 heteroatoms. The summed E-state index contributed by atoms with van der Waals surface area (Å²) >= 11 is 1.29. The lowest BCUT2D eigenvalue weighted by Gasteiger charge is -2.24. The van der Waals surface area contributed by atoms with Gasteiger partial charge in [-0.3, -0.25) is 18.8 Å². The number of nitrogens with zero attached hydrogens (tertiary/aromatic N) is 2. The molecule has 4 rings (SSSR count). The van der Waals surface area contributed by atoms with Gasteiger partial charge >= 0.3 is 5.97 Å².